The number of carbonyl (C=O) groups is 1. The topological polar surface area (TPSA) is 64.3 Å². The molecule has 0 bridgehead atoms. The molecule has 1 aromatic carbocycles. The standard InChI is InChI=1S/C12H9F3N2O3/c13-12(14,15)8-2-1-3-9(4-8)17-6-10(5-16-17)20-7-11(18)19/h1-6H,7H2,(H,18,19). The molecule has 1 N–H and O–H groups in total. The van der Waals surface area contributed by atoms with Crippen LogP contribution in [0.3, 0.4) is 0 Å². The number of benzene rings is 1. The lowest BCUT2D eigenvalue weighted by Gasteiger charge is -2.08. The van der Waals surface area contributed by atoms with E-state index in [4.69, 9.17) is 9.84 Å². The molecule has 106 valence electrons. The third-order valence-corrected chi connectivity index (χ3v) is 2.36. The van der Waals surface area contributed by atoms with Crippen LogP contribution in [-0.4, -0.2) is 27.5 Å². The molecule has 0 aliphatic heterocycles. The number of hydrogen-bond donors (Lipinski definition) is 1. The number of carboxylic acid groups (broad SMARTS) is 1. The number of halogens is 3. The zero-order valence-electron chi connectivity index (χ0n) is 9.96. The maximum absolute atomic E-state index is 12.6. The Kier molecular flexibility index (Phi) is 3.64. The van der Waals surface area contributed by atoms with Gasteiger partial charge in [-0.25, -0.2) is 9.48 Å². The highest BCUT2D eigenvalue weighted by Gasteiger charge is 2.30. The molecule has 0 spiro atoms. The van der Waals surface area contributed by atoms with Gasteiger partial charge in [0, 0.05) is 0 Å². The summed E-state index contributed by atoms with van der Waals surface area (Å²) in [5.74, 6) is -0.998. The molecule has 0 fully saturated rings. The van der Waals surface area contributed by atoms with Crippen molar-refractivity contribution >= 4 is 5.97 Å². The van der Waals surface area contributed by atoms with E-state index < -0.39 is 24.3 Å². The molecule has 1 heterocycles. The molecule has 0 unspecified atom stereocenters. The van der Waals surface area contributed by atoms with E-state index in [1.54, 1.807) is 0 Å². The van der Waals surface area contributed by atoms with Crippen LogP contribution in [0.4, 0.5) is 13.2 Å². The van der Waals surface area contributed by atoms with Gasteiger partial charge in [0.15, 0.2) is 12.4 Å². The van der Waals surface area contributed by atoms with Crippen LogP contribution in [0.15, 0.2) is 36.7 Å². The molecule has 0 saturated carbocycles. The fraction of sp³-hybridized carbons (Fsp3) is 0.167. The predicted octanol–water partition coefficient (Wildman–Crippen LogP) is 2.35. The van der Waals surface area contributed by atoms with Gasteiger partial charge < -0.3 is 9.84 Å². The summed E-state index contributed by atoms with van der Waals surface area (Å²) in [6, 6.07) is 4.60. The van der Waals surface area contributed by atoms with Crippen molar-refractivity contribution in [1.29, 1.82) is 0 Å². The first-order chi connectivity index (χ1) is 9.36. The van der Waals surface area contributed by atoms with Crippen LogP contribution in [-0.2, 0) is 11.0 Å². The third kappa shape index (κ3) is 3.28. The second-order valence-electron chi connectivity index (χ2n) is 3.85. The molecule has 8 heteroatoms. The number of ether oxygens (including phenoxy) is 1. The molecule has 2 aromatic rings. The van der Waals surface area contributed by atoms with Crippen molar-refractivity contribution in [2.75, 3.05) is 6.61 Å². The second-order valence-corrected chi connectivity index (χ2v) is 3.85. The molecular formula is C12H9F3N2O3. The van der Waals surface area contributed by atoms with Crippen molar-refractivity contribution in [2.45, 2.75) is 6.18 Å². The Bertz CT molecular complexity index is 622. The van der Waals surface area contributed by atoms with Gasteiger partial charge in [-0.05, 0) is 18.2 Å². The van der Waals surface area contributed by atoms with E-state index in [1.165, 1.54) is 29.2 Å². The van der Waals surface area contributed by atoms with Gasteiger partial charge in [0.05, 0.1) is 23.6 Å². The lowest BCUT2D eigenvalue weighted by molar-refractivity contribution is -0.139. The fourth-order valence-electron chi connectivity index (χ4n) is 1.49. The molecule has 1 aromatic heterocycles. The first kappa shape index (κ1) is 13.9. The van der Waals surface area contributed by atoms with Crippen LogP contribution < -0.4 is 4.74 Å². The molecule has 2 rings (SSSR count). The summed E-state index contributed by atoms with van der Waals surface area (Å²) < 4.78 is 43.8. The number of hydrogen-bond acceptors (Lipinski definition) is 3. The Balaban J connectivity index is 2.22. The van der Waals surface area contributed by atoms with E-state index in [0.29, 0.717) is 0 Å². The van der Waals surface area contributed by atoms with Crippen LogP contribution >= 0.6 is 0 Å². The normalized spacial score (nSPS) is 11.3. The van der Waals surface area contributed by atoms with Crippen molar-refractivity contribution < 1.29 is 27.8 Å². The quantitative estimate of drug-likeness (QED) is 0.937. The molecule has 5 nitrogen and oxygen atoms in total. The summed E-state index contributed by atoms with van der Waals surface area (Å²) in [6.45, 7) is -0.547. The van der Waals surface area contributed by atoms with Gasteiger partial charge in [0.25, 0.3) is 0 Å². The van der Waals surface area contributed by atoms with Crippen molar-refractivity contribution in [3.8, 4) is 11.4 Å². The van der Waals surface area contributed by atoms with E-state index in [-0.39, 0.29) is 11.4 Å². The average Bonchev–Trinajstić information content (AvgIpc) is 2.84. The van der Waals surface area contributed by atoms with Gasteiger partial charge in [0.2, 0.25) is 0 Å². The maximum atomic E-state index is 12.6. The Morgan fingerprint density at radius 2 is 2.15 bits per heavy atom. The SMILES string of the molecule is O=C(O)COc1cnn(-c2cccc(C(F)(F)F)c2)c1. The Labute approximate surface area is 111 Å². The minimum atomic E-state index is -4.44. The monoisotopic (exact) mass is 286 g/mol. The van der Waals surface area contributed by atoms with Gasteiger partial charge >= 0.3 is 12.1 Å². The van der Waals surface area contributed by atoms with E-state index >= 15 is 0 Å². The van der Waals surface area contributed by atoms with Crippen molar-refractivity contribution in [3.05, 3.63) is 42.2 Å². The molecule has 0 saturated heterocycles. The molecule has 0 amide bonds. The summed E-state index contributed by atoms with van der Waals surface area (Å²) in [5.41, 5.74) is -0.594. The molecule has 0 aliphatic rings. The number of rotatable bonds is 4. The summed E-state index contributed by atoms with van der Waals surface area (Å²) in [7, 11) is 0. The lowest BCUT2D eigenvalue weighted by Crippen LogP contribution is -2.09. The Morgan fingerprint density at radius 1 is 1.40 bits per heavy atom. The van der Waals surface area contributed by atoms with Gasteiger partial charge in [0.1, 0.15) is 0 Å². The first-order valence-electron chi connectivity index (χ1n) is 5.43. The largest absolute Gasteiger partial charge is 0.479 e. The van der Waals surface area contributed by atoms with Crippen LogP contribution in [0, 0.1) is 0 Å². The van der Waals surface area contributed by atoms with Crippen molar-refractivity contribution in [3.63, 3.8) is 0 Å². The molecule has 20 heavy (non-hydrogen) atoms. The second kappa shape index (κ2) is 5.24. The Morgan fingerprint density at radius 3 is 2.80 bits per heavy atom. The highest BCUT2D eigenvalue weighted by Crippen LogP contribution is 2.30. The minimum absolute atomic E-state index is 0.157. The van der Waals surface area contributed by atoms with E-state index in [0.717, 1.165) is 12.1 Å². The van der Waals surface area contributed by atoms with E-state index in [1.807, 2.05) is 0 Å². The van der Waals surface area contributed by atoms with Crippen LogP contribution in [0.5, 0.6) is 5.75 Å². The van der Waals surface area contributed by atoms with E-state index in [9.17, 15) is 18.0 Å². The minimum Gasteiger partial charge on any atom is -0.479 e. The van der Waals surface area contributed by atoms with Gasteiger partial charge in [-0.2, -0.15) is 18.3 Å². The number of alkyl halides is 3. The van der Waals surface area contributed by atoms with Crippen molar-refractivity contribution in [1.82, 2.24) is 9.78 Å². The van der Waals surface area contributed by atoms with Crippen LogP contribution in [0.2, 0.25) is 0 Å². The molecule has 0 radical (unpaired) electrons. The predicted molar refractivity (Wildman–Crippen MR) is 61.7 cm³/mol. The van der Waals surface area contributed by atoms with Crippen LogP contribution in [0.25, 0.3) is 5.69 Å². The summed E-state index contributed by atoms with van der Waals surface area (Å²) in [6.07, 6.45) is -1.91. The molecule has 0 aliphatic carbocycles. The fourth-order valence-corrected chi connectivity index (χ4v) is 1.49. The van der Waals surface area contributed by atoms with Gasteiger partial charge in [-0.1, -0.05) is 6.07 Å². The number of aromatic nitrogens is 2. The smallest absolute Gasteiger partial charge is 0.416 e. The number of aliphatic carboxylic acids is 1. The summed E-state index contributed by atoms with van der Waals surface area (Å²) >= 11 is 0. The Hall–Kier alpha value is -2.51. The zero-order chi connectivity index (χ0) is 14.8. The van der Waals surface area contributed by atoms with E-state index in [2.05, 4.69) is 5.10 Å². The number of nitrogens with zero attached hydrogens (tertiary/aromatic N) is 2. The lowest BCUT2D eigenvalue weighted by atomic mass is 10.2. The highest BCUT2D eigenvalue weighted by molar-refractivity contribution is 5.68. The first-order valence-corrected chi connectivity index (χ1v) is 5.43. The summed E-state index contributed by atoms with van der Waals surface area (Å²) in [5, 5.41) is 12.3. The molecule has 0 atom stereocenters. The van der Waals surface area contributed by atoms with Gasteiger partial charge in [-0.15, -0.1) is 0 Å². The summed E-state index contributed by atoms with van der Waals surface area (Å²) in [4.78, 5) is 10.3. The zero-order valence-corrected chi connectivity index (χ0v) is 9.96. The third-order valence-electron chi connectivity index (χ3n) is 2.36. The average molecular weight is 286 g/mol. The number of carboxylic acids is 1. The maximum Gasteiger partial charge on any atom is 0.416 e. The van der Waals surface area contributed by atoms with Crippen molar-refractivity contribution in [2.24, 2.45) is 0 Å². The van der Waals surface area contributed by atoms with Crippen LogP contribution in [0.1, 0.15) is 5.56 Å². The van der Waals surface area contributed by atoms with Gasteiger partial charge in [-0.3, -0.25) is 0 Å². The highest BCUT2D eigenvalue weighted by atomic mass is 19.4. The molecular weight excluding hydrogens is 277 g/mol.